The van der Waals surface area contributed by atoms with Gasteiger partial charge in [-0.05, 0) is 34.1 Å². The number of anilines is 1. The van der Waals surface area contributed by atoms with Gasteiger partial charge in [0.15, 0.2) is 0 Å². The molecule has 0 radical (unpaired) electrons. The number of nitrogens with two attached hydrogens (primary N) is 1. The number of rotatable bonds is 4. The molecule has 2 rings (SSSR count). The third kappa shape index (κ3) is 3.58. The summed E-state index contributed by atoms with van der Waals surface area (Å²) in [6.07, 6.45) is 0.539. The molecule has 2 N–H and O–H groups in total. The van der Waals surface area contributed by atoms with Crippen molar-refractivity contribution in [2.24, 2.45) is 0 Å². The Morgan fingerprint density at radius 3 is 2.54 bits per heavy atom. The maximum atomic E-state index is 12.5. The van der Waals surface area contributed by atoms with Crippen molar-refractivity contribution in [1.82, 2.24) is 4.98 Å². The van der Waals surface area contributed by atoms with Crippen molar-refractivity contribution in [3.05, 3.63) is 10.7 Å². The lowest BCUT2D eigenvalue weighted by molar-refractivity contribution is -0.150. The molecule has 0 amide bonds. The van der Waals surface area contributed by atoms with Crippen molar-refractivity contribution < 1.29 is 23.9 Å². The first-order valence-electron chi connectivity index (χ1n) is 7.78. The fourth-order valence-corrected chi connectivity index (χ4v) is 3.50. The van der Waals surface area contributed by atoms with Gasteiger partial charge in [-0.25, -0.2) is 9.78 Å². The van der Waals surface area contributed by atoms with Crippen LogP contribution < -0.4 is 5.73 Å². The number of esters is 2. The van der Waals surface area contributed by atoms with Gasteiger partial charge in [0.25, 0.3) is 0 Å². The first-order chi connectivity index (χ1) is 11.1. The normalized spacial score (nSPS) is 20.9. The first kappa shape index (κ1) is 18.4. The minimum atomic E-state index is -1.20. The van der Waals surface area contributed by atoms with E-state index in [1.165, 1.54) is 0 Å². The largest absolute Gasteiger partial charge is 0.465 e. The van der Waals surface area contributed by atoms with Crippen molar-refractivity contribution in [2.45, 2.75) is 58.0 Å². The predicted molar refractivity (Wildman–Crippen MR) is 88.9 cm³/mol. The van der Waals surface area contributed by atoms with Crippen LogP contribution in [0.15, 0.2) is 0 Å². The Morgan fingerprint density at radius 1 is 1.38 bits per heavy atom. The average molecular weight is 354 g/mol. The highest BCUT2D eigenvalue weighted by molar-refractivity contribution is 7.17. The van der Waals surface area contributed by atoms with E-state index in [1.807, 2.05) is 0 Å². The quantitative estimate of drug-likeness (QED) is 0.826. The van der Waals surface area contributed by atoms with Gasteiger partial charge in [0.2, 0.25) is 5.01 Å². The summed E-state index contributed by atoms with van der Waals surface area (Å²) in [7, 11) is 0. The molecule has 1 fully saturated rings. The maximum Gasteiger partial charge on any atom is 0.368 e. The minimum absolute atomic E-state index is 0.00642. The number of nitrogen functional groups attached to an aromatic ring is 1. The number of hydrogen-bond acceptors (Lipinski definition) is 8. The van der Waals surface area contributed by atoms with Gasteiger partial charge in [0.1, 0.15) is 21.8 Å². The van der Waals surface area contributed by atoms with Gasteiger partial charge in [0, 0.05) is 12.8 Å². The maximum absolute atomic E-state index is 12.5. The Labute approximate surface area is 144 Å². The topological polar surface area (TPSA) is 109 Å². The number of carbonyl (C=O) groups excluding carboxylic acids is 3. The number of carbonyl (C=O) groups is 3. The molecule has 1 aliphatic carbocycles. The molecule has 1 unspecified atom stereocenters. The van der Waals surface area contributed by atoms with Crippen LogP contribution in [0.3, 0.4) is 0 Å². The van der Waals surface area contributed by atoms with E-state index in [9.17, 15) is 14.4 Å². The number of ketones is 1. The summed E-state index contributed by atoms with van der Waals surface area (Å²) in [6.45, 7) is 7.13. The molecular weight excluding hydrogens is 332 g/mol. The van der Waals surface area contributed by atoms with Crippen LogP contribution in [0.5, 0.6) is 0 Å². The second kappa shape index (κ2) is 6.51. The fraction of sp³-hybridized carbons (Fsp3) is 0.625. The lowest BCUT2D eigenvalue weighted by Crippen LogP contribution is -2.36. The molecule has 132 valence electrons. The highest BCUT2D eigenvalue weighted by Gasteiger charge is 2.51. The van der Waals surface area contributed by atoms with Crippen LogP contribution in [-0.4, -0.2) is 34.9 Å². The van der Waals surface area contributed by atoms with Crippen LogP contribution in [0.25, 0.3) is 0 Å². The van der Waals surface area contributed by atoms with E-state index in [0.29, 0.717) is 0 Å². The zero-order valence-corrected chi connectivity index (χ0v) is 15.1. The average Bonchev–Trinajstić information content (AvgIpc) is 3.01. The number of Topliss-reactive ketones (excluding diaryl/α,β-unsaturated/α-hetero) is 1. The Kier molecular flexibility index (Phi) is 4.98. The highest BCUT2D eigenvalue weighted by atomic mass is 32.1. The first-order valence-corrected chi connectivity index (χ1v) is 8.60. The second-order valence-electron chi connectivity index (χ2n) is 6.75. The number of aromatic nitrogens is 1. The third-order valence-electron chi connectivity index (χ3n) is 3.68. The summed E-state index contributed by atoms with van der Waals surface area (Å²) in [5, 5.41) is 0.305. The Morgan fingerprint density at radius 2 is 2.04 bits per heavy atom. The van der Waals surface area contributed by atoms with Gasteiger partial charge in [-0.1, -0.05) is 11.3 Å². The number of ether oxygens (including phenoxy) is 2. The summed E-state index contributed by atoms with van der Waals surface area (Å²) in [4.78, 5) is 40.8. The van der Waals surface area contributed by atoms with E-state index in [4.69, 9.17) is 15.2 Å². The molecule has 0 spiro atoms. The SMILES string of the molecule is CCOC(=O)C1(c2nc(C(=O)OC(C)(C)C)sc2N)CCC(=O)C1. The summed E-state index contributed by atoms with van der Waals surface area (Å²) < 4.78 is 10.4. The minimum Gasteiger partial charge on any atom is -0.465 e. The molecule has 1 aromatic heterocycles. The van der Waals surface area contributed by atoms with E-state index in [-0.39, 0.29) is 47.4 Å². The molecule has 24 heavy (non-hydrogen) atoms. The van der Waals surface area contributed by atoms with Crippen molar-refractivity contribution in [2.75, 3.05) is 12.3 Å². The number of nitrogens with zero attached hydrogens (tertiary/aromatic N) is 1. The molecule has 1 atom stereocenters. The molecule has 1 aromatic rings. The van der Waals surface area contributed by atoms with Gasteiger partial charge in [0.05, 0.1) is 12.3 Å². The van der Waals surface area contributed by atoms with Crippen LogP contribution in [0.4, 0.5) is 5.00 Å². The number of thiazole rings is 1. The predicted octanol–water partition coefficient (Wildman–Crippen LogP) is 2.23. The van der Waals surface area contributed by atoms with E-state index in [1.54, 1.807) is 27.7 Å². The van der Waals surface area contributed by atoms with Gasteiger partial charge in [-0.2, -0.15) is 0 Å². The van der Waals surface area contributed by atoms with E-state index in [0.717, 1.165) is 11.3 Å². The summed E-state index contributed by atoms with van der Waals surface area (Å²) in [6, 6.07) is 0. The van der Waals surface area contributed by atoms with Gasteiger partial charge >= 0.3 is 11.9 Å². The highest BCUT2D eigenvalue weighted by Crippen LogP contribution is 2.44. The van der Waals surface area contributed by atoms with E-state index < -0.39 is 23.0 Å². The summed E-state index contributed by atoms with van der Waals surface area (Å²) in [5.41, 5.74) is 4.40. The fourth-order valence-electron chi connectivity index (χ4n) is 2.69. The Balaban J connectivity index is 2.40. The molecule has 0 saturated heterocycles. The van der Waals surface area contributed by atoms with Crippen molar-refractivity contribution in [3.63, 3.8) is 0 Å². The van der Waals surface area contributed by atoms with Gasteiger partial charge < -0.3 is 15.2 Å². The molecular formula is C16H22N2O5S. The Hall–Kier alpha value is -1.96. The summed E-state index contributed by atoms with van der Waals surface area (Å²) >= 11 is 0.958. The molecule has 1 saturated carbocycles. The molecule has 0 aromatic carbocycles. The Bertz CT molecular complexity index is 676. The van der Waals surface area contributed by atoms with E-state index in [2.05, 4.69) is 4.98 Å². The lowest BCUT2D eigenvalue weighted by atomic mass is 9.82. The molecule has 1 heterocycles. The monoisotopic (exact) mass is 354 g/mol. The molecule has 0 aliphatic heterocycles. The second-order valence-corrected chi connectivity index (χ2v) is 7.78. The van der Waals surface area contributed by atoms with Gasteiger partial charge in [-0.3, -0.25) is 9.59 Å². The van der Waals surface area contributed by atoms with Crippen molar-refractivity contribution in [3.8, 4) is 0 Å². The van der Waals surface area contributed by atoms with E-state index >= 15 is 0 Å². The molecule has 8 heteroatoms. The zero-order chi connectivity index (χ0) is 18.1. The zero-order valence-electron chi connectivity index (χ0n) is 14.3. The van der Waals surface area contributed by atoms with Crippen LogP contribution in [0.2, 0.25) is 0 Å². The molecule has 1 aliphatic rings. The van der Waals surface area contributed by atoms with Gasteiger partial charge in [-0.15, -0.1) is 0 Å². The third-order valence-corrected chi connectivity index (χ3v) is 4.54. The van der Waals surface area contributed by atoms with Crippen LogP contribution in [0, 0.1) is 0 Å². The lowest BCUT2D eigenvalue weighted by Gasteiger charge is -2.24. The number of hydrogen-bond donors (Lipinski definition) is 1. The standard InChI is InChI=1S/C16H22N2O5S/c1-5-22-14(21)16(7-6-9(19)8-16)10-11(17)24-12(18-10)13(20)23-15(2,3)4/h5-8,17H2,1-4H3. The van der Waals surface area contributed by atoms with Crippen LogP contribution in [-0.2, 0) is 24.5 Å². The summed E-state index contributed by atoms with van der Waals surface area (Å²) in [5.74, 6) is -1.17. The molecule has 7 nitrogen and oxygen atoms in total. The van der Waals surface area contributed by atoms with Crippen molar-refractivity contribution >= 4 is 34.1 Å². The van der Waals surface area contributed by atoms with Crippen LogP contribution >= 0.6 is 11.3 Å². The van der Waals surface area contributed by atoms with Crippen LogP contribution in [0.1, 0.15) is 62.5 Å². The van der Waals surface area contributed by atoms with Crippen molar-refractivity contribution in [1.29, 1.82) is 0 Å². The smallest absolute Gasteiger partial charge is 0.368 e. The molecule has 0 bridgehead atoms.